The number of hydrogen-bond acceptors (Lipinski definition) is 5. The fourth-order valence-electron chi connectivity index (χ4n) is 2.30. The van der Waals surface area contributed by atoms with Crippen LogP contribution in [-0.4, -0.2) is 35.2 Å². The Kier molecular flexibility index (Phi) is 5.92. The van der Waals surface area contributed by atoms with Gasteiger partial charge in [-0.2, -0.15) is 11.8 Å². The molecule has 23 heavy (non-hydrogen) atoms. The summed E-state index contributed by atoms with van der Waals surface area (Å²) in [5.74, 6) is 1.37. The fraction of sp³-hybridized carbons (Fsp3) is 0.375. The normalized spacial score (nSPS) is 17.5. The number of aromatic hydroxyl groups is 1. The number of ether oxygens (including phenoxy) is 1. The maximum atomic E-state index is 12.4. The number of hydrogen-bond donors (Lipinski definition) is 3. The number of urea groups is 1. The molecule has 0 radical (unpaired) electrons. The predicted molar refractivity (Wildman–Crippen MR) is 89.2 cm³/mol. The van der Waals surface area contributed by atoms with Crippen molar-refractivity contribution in [3.63, 3.8) is 0 Å². The maximum absolute atomic E-state index is 12.4. The Morgan fingerprint density at radius 2 is 2.04 bits per heavy atom. The first-order valence-electron chi connectivity index (χ1n) is 7.35. The summed E-state index contributed by atoms with van der Waals surface area (Å²) in [6.45, 7) is 4.04. The van der Waals surface area contributed by atoms with Crippen molar-refractivity contribution in [1.29, 1.82) is 0 Å². The van der Waals surface area contributed by atoms with E-state index in [0.29, 0.717) is 23.4 Å². The van der Waals surface area contributed by atoms with Crippen molar-refractivity contribution in [2.45, 2.75) is 19.9 Å². The fourth-order valence-corrected chi connectivity index (χ4v) is 2.79. The summed E-state index contributed by atoms with van der Waals surface area (Å²) in [6, 6.07) is 5.38. The van der Waals surface area contributed by atoms with Gasteiger partial charge in [-0.15, -0.1) is 0 Å². The van der Waals surface area contributed by atoms with Crippen LogP contribution in [0.3, 0.4) is 0 Å². The van der Waals surface area contributed by atoms with Gasteiger partial charge in [0.2, 0.25) is 0 Å². The summed E-state index contributed by atoms with van der Waals surface area (Å²) in [4.78, 5) is 24.1. The Morgan fingerprint density at radius 3 is 2.70 bits per heavy atom. The van der Waals surface area contributed by atoms with Gasteiger partial charge >= 0.3 is 12.0 Å². The van der Waals surface area contributed by atoms with Gasteiger partial charge < -0.3 is 20.5 Å². The molecule has 0 aromatic heterocycles. The maximum Gasteiger partial charge on any atom is 0.338 e. The van der Waals surface area contributed by atoms with Gasteiger partial charge in [0, 0.05) is 11.4 Å². The van der Waals surface area contributed by atoms with Crippen LogP contribution in [0, 0.1) is 0 Å². The van der Waals surface area contributed by atoms with Crippen LogP contribution in [0.1, 0.15) is 25.5 Å². The minimum Gasteiger partial charge on any atom is -0.508 e. The van der Waals surface area contributed by atoms with Gasteiger partial charge in [0.25, 0.3) is 0 Å². The average molecular weight is 336 g/mol. The highest BCUT2D eigenvalue weighted by molar-refractivity contribution is 7.99. The minimum absolute atomic E-state index is 0.121. The van der Waals surface area contributed by atoms with Crippen molar-refractivity contribution in [2.24, 2.45) is 0 Å². The van der Waals surface area contributed by atoms with Gasteiger partial charge in [-0.3, -0.25) is 0 Å². The molecule has 1 heterocycles. The lowest BCUT2D eigenvalue weighted by Gasteiger charge is -2.28. The van der Waals surface area contributed by atoms with Crippen molar-refractivity contribution in [2.75, 3.05) is 18.1 Å². The second-order valence-electron chi connectivity index (χ2n) is 4.99. The number of nitrogens with one attached hydrogen (secondary N) is 2. The molecule has 1 aromatic rings. The Morgan fingerprint density at radius 1 is 1.35 bits per heavy atom. The lowest BCUT2D eigenvalue weighted by Crippen LogP contribution is -2.45. The summed E-state index contributed by atoms with van der Waals surface area (Å²) < 4.78 is 5.31. The Bertz CT molecular complexity index is 613. The SMILES string of the molecule is CCSCCOC(=O)C1=C(C)NC(=O)N[C@H]1c1ccc(O)cc1. The third-order valence-electron chi connectivity index (χ3n) is 3.38. The summed E-state index contributed by atoms with van der Waals surface area (Å²) >= 11 is 1.69. The highest BCUT2D eigenvalue weighted by Gasteiger charge is 2.32. The number of phenols is 1. The molecular formula is C16H20N2O4S. The highest BCUT2D eigenvalue weighted by Crippen LogP contribution is 2.28. The first-order valence-corrected chi connectivity index (χ1v) is 8.50. The van der Waals surface area contributed by atoms with Gasteiger partial charge in [0.15, 0.2) is 0 Å². The minimum atomic E-state index is -0.601. The lowest BCUT2D eigenvalue weighted by atomic mass is 9.95. The van der Waals surface area contributed by atoms with E-state index in [9.17, 15) is 14.7 Å². The van der Waals surface area contributed by atoms with E-state index in [1.54, 1.807) is 30.8 Å². The number of phenolic OH excluding ortho intramolecular Hbond substituents is 1. The van der Waals surface area contributed by atoms with E-state index >= 15 is 0 Å². The van der Waals surface area contributed by atoms with Crippen molar-refractivity contribution < 1.29 is 19.4 Å². The van der Waals surface area contributed by atoms with E-state index < -0.39 is 12.0 Å². The lowest BCUT2D eigenvalue weighted by molar-refractivity contribution is -0.138. The van der Waals surface area contributed by atoms with E-state index in [1.165, 1.54) is 12.1 Å². The van der Waals surface area contributed by atoms with E-state index in [2.05, 4.69) is 10.6 Å². The molecule has 2 rings (SSSR count). The number of thioether (sulfide) groups is 1. The number of carbonyl (C=O) groups excluding carboxylic acids is 2. The number of carbonyl (C=O) groups is 2. The van der Waals surface area contributed by atoms with Gasteiger partial charge in [0.1, 0.15) is 12.4 Å². The second-order valence-corrected chi connectivity index (χ2v) is 6.39. The topological polar surface area (TPSA) is 87.7 Å². The molecular weight excluding hydrogens is 316 g/mol. The van der Waals surface area contributed by atoms with Crippen LogP contribution in [0.5, 0.6) is 5.75 Å². The van der Waals surface area contributed by atoms with Crippen LogP contribution in [0.25, 0.3) is 0 Å². The molecule has 1 aromatic carbocycles. The van der Waals surface area contributed by atoms with Gasteiger partial charge in [-0.1, -0.05) is 19.1 Å². The van der Waals surface area contributed by atoms with Crippen molar-refractivity contribution >= 4 is 23.8 Å². The molecule has 2 amide bonds. The average Bonchev–Trinajstić information content (AvgIpc) is 2.51. The van der Waals surface area contributed by atoms with E-state index in [4.69, 9.17) is 4.74 Å². The smallest absolute Gasteiger partial charge is 0.338 e. The van der Waals surface area contributed by atoms with Crippen molar-refractivity contribution in [1.82, 2.24) is 10.6 Å². The van der Waals surface area contributed by atoms with Crippen LogP contribution < -0.4 is 10.6 Å². The van der Waals surface area contributed by atoms with Crippen LogP contribution in [0.15, 0.2) is 35.5 Å². The van der Waals surface area contributed by atoms with Crippen LogP contribution >= 0.6 is 11.8 Å². The molecule has 0 unspecified atom stereocenters. The molecule has 0 fully saturated rings. The Balaban J connectivity index is 2.20. The van der Waals surface area contributed by atoms with Crippen LogP contribution in [0.2, 0.25) is 0 Å². The molecule has 1 atom stereocenters. The Labute approximate surface area is 139 Å². The molecule has 0 bridgehead atoms. The zero-order chi connectivity index (χ0) is 16.8. The summed E-state index contributed by atoms with van der Waals surface area (Å²) in [5.41, 5.74) is 1.55. The molecule has 124 valence electrons. The molecule has 0 saturated heterocycles. The third-order valence-corrected chi connectivity index (χ3v) is 4.24. The molecule has 7 heteroatoms. The molecule has 0 aliphatic carbocycles. The van der Waals surface area contributed by atoms with E-state index in [0.717, 1.165) is 11.5 Å². The van der Waals surface area contributed by atoms with E-state index in [-0.39, 0.29) is 11.8 Å². The number of benzene rings is 1. The van der Waals surface area contributed by atoms with E-state index in [1.807, 2.05) is 6.92 Å². The van der Waals surface area contributed by atoms with Gasteiger partial charge in [-0.05, 0) is 30.4 Å². The third kappa shape index (κ3) is 4.41. The predicted octanol–water partition coefficient (Wildman–Crippen LogP) is 2.32. The van der Waals surface area contributed by atoms with Crippen LogP contribution in [-0.2, 0) is 9.53 Å². The number of allylic oxidation sites excluding steroid dienone is 1. The molecule has 6 nitrogen and oxygen atoms in total. The zero-order valence-electron chi connectivity index (χ0n) is 13.1. The Hall–Kier alpha value is -2.15. The van der Waals surface area contributed by atoms with Crippen molar-refractivity contribution in [3.05, 3.63) is 41.1 Å². The highest BCUT2D eigenvalue weighted by atomic mass is 32.2. The first-order chi connectivity index (χ1) is 11.0. The molecule has 3 N–H and O–H groups in total. The number of esters is 1. The van der Waals surface area contributed by atoms with Crippen molar-refractivity contribution in [3.8, 4) is 5.75 Å². The molecule has 1 aliphatic heterocycles. The zero-order valence-corrected chi connectivity index (χ0v) is 13.9. The van der Waals surface area contributed by atoms with Gasteiger partial charge in [-0.25, -0.2) is 9.59 Å². The monoisotopic (exact) mass is 336 g/mol. The quantitative estimate of drug-likeness (QED) is 0.548. The summed E-state index contributed by atoms with van der Waals surface area (Å²) in [6.07, 6.45) is 0. The summed E-state index contributed by atoms with van der Waals surface area (Å²) in [7, 11) is 0. The summed E-state index contributed by atoms with van der Waals surface area (Å²) in [5, 5.41) is 14.7. The molecule has 0 saturated carbocycles. The van der Waals surface area contributed by atoms with Gasteiger partial charge in [0.05, 0.1) is 11.6 Å². The molecule has 0 spiro atoms. The largest absolute Gasteiger partial charge is 0.508 e. The number of rotatable bonds is 6. The number of amides is 2. The first kappa shape index (κ1) is 17.2. The second kappa shape index (κ2) is 7.92. The molecule has 1 aliphatic rings. The standard InChI is InChI=1S/C16H20N2O4S/c1-3-23-9-8-22-15(20)13-10(2)17-16(21)18-14(13)11-4-6-12(19)7-5-11/h4-7,14,19H,3,8-9H2,1-2H3,(H2,17,18,21)/t14-/m0/s1. The van der Waals surface area contributed by atoms with Crippen LogP contribution in [0.4, 0.5) is 4.79 Å².